The van der Waals surface area contributed by atoms with Gasteiger partial charge in [0, 0.05) is 17.8 Å². The molecule has 0 bridgehead atoms. The summed E-state index contributed by atoms with van der Waals surface area (Å²) < 4.78 is 26.9. The Morgan fingerprint density at radius 2 is 2.05 bits per heavy atom. The molecular weight excluding hydrogens is 278 g/mol. The van der Waals surface area contributed by atoms with Crippen molar-refractivity contribution in [3.05, 3.63) is 23.8 Å². The molecule has 0 aromatic heterocycles. The van der Waals surface area contributed by atoms with Gasteiger partial charge in [-0.2, -0.15) is 0 Å². The molecule has 4 N–H and O–H groups in total. The molecule has 2 rings (SSSR count). The molecule has 20 heavy (non-hydrogen) atoms. The SMILES string of the molecule is CC1C(=O)Nc2ccc(S(=O)(=O)NCC(C)(C)N)cc21. The van der Waals surface area contributed by atoms with Gasteiger partial charge in [0.15, 0.2) is 0 Å². The fraction of sp³-hybridized carbons (Fsp3) is 0.462. The van der Waals surface area contributed by atoms with E-state index in [1.807, 2.05) is 0 Å². The molecule has 1 aliphatic rings. The van der Waals surface area contributed by atoms with Gasteiger partial charge in [0.2, 0.25) is 15.9 Å². The number of amides is 1. The van der Waals surface area contributed by atoms with E-state index in [9.17, 15) is 13.2 Å². The van der Waals surface area contributed by atoms with E-state index in [1.54, 1.807) is 26.8 Å². The standard InChI is InChI=1S/C13H19N3O3S/c1-8-10-6-9(4-5-11(10)16-12(8)17)20(18,19)15-7-13(2,3)14/h4-6,8,15H,7,14H2,1-3H3,(H,16,17). The number of carbonyl (C=O) groups excluding carboxylic acids is 1. The summed E-state index contributed by atoms with van der Waals surface area (Å²) in [7, 11) is -3.63. The lowest BCUT2D eigenvalue weighted by Crippen LogP contribution is -2.45. The number of sulfonamides is 1. The third-order valence-electron chi connectivity index (χ3n) is 3.17. The summed E-state index contributed by atoms with van der Waals surface area (Å²) in [6, 6.07) is 4.62. The lowest BCUT2D eigenvalue weighted by Gasteiger charge is -2.19. The highest BCUT2D eigenvalue weighted by atomic mass is 32.2. The minimum absolute atomic E-state index is 0.120. The van der Waals surface area contributed by atoms with Gasteiger partial charge in [-0.25, -0.2) is 13.1 Å². The number of fused-ring (bicyclic) bond motifs is 1. The lowest BCUT2D eigenvalue weighted by molar-refractivity contribution is -0.116. The highest BCUT2D eigenvalue weighted by Gasteiger charge is 2.28. The van der Waals surface area contributed by atoms with E-state index in [2.05, 4.69) is 10.0 Å². The van der Waals surface area contributed by atoms with E-state index in [0.717, 1.165) is 0 Å². The van der Waals surface area contributed by atoms with Crippen molar-refractivity contribution in [1.82, 2.24) is 4.72 Å². The van der Waals surface area contributed by atoms with Crippen molar-refractivity contribution in [1.29, 1.82) is 0 Å². The third kappa shape index (κ3) is 3.00. The zero-order valence-electron chi connectivity index (χ0n) is 11.7. The molecular formula is C13H19N3O3S. The van der Waals surface area contributed by atoms with Gasteiger partial charge in [0.25, 0.3) is 0 Å². The van der Waals surface area contributed by atoms with E-state index in [4.69, 9.17) is 5.73 Å². The first kappa shape index (κ1) is 15.0. The molecule has 1 heterocycles. The topological polar surface area (TPSA) is 101 Å². The van der Waals surface area contributed by atoms with Crippen LogP contribution >= 0.6 is 0 Å². The first-order valence-corrected chi connectivity index (χ1v) is 7.82. The largest absolute Gasteiger partial charge is 0.325 e. The van der Waals surface area contributed by atoms with Crippen molar-refractivity contribution in [3.63, 3.8) is 0 Å². The van der Waals surface area contributed by atoms with Crippen molar-refractivity contribution < 1.29 is 13.2 Å². The zero-order chi connectivity index (χ0) is 15.1. The monoisotopic (exact) mass is 297 g/mol. The molecule has 7 heteroatoms. The molecule has 0 spiro atoms. The molecule has 0 saturated carbocycles. The van der Waals surface area contributed by atoms with Gasteiger partial charge in [0.05, 0.1) is 10.8 Å². The van der Waals surface area contributed by atoms with E-state index in [0.29, 0.717) is 11.3 Å². The zero-order valence-corrected chi connectivity index (χ0v) is 12.5. The summed E-state index contributed by atoms with van der Waals surface area (Å²) in [5.74, 6) is -0.461. The normalized spacial score (nSPS) is 18.8. The predicted octanol–water partition coefficient (Wildman–Crippen LogP) is 0.758. The Bertz CT molecular complexity index is 647. The van der Waals surface area contributed by atoms with E-state index in [-0.39, 0.29) is 23.3 Å². The highest BCUT2D eigenvalue weighted by molar-refractivity contribution is 7.89. The van der Waals surface area contributed by atoms with Crippen molar-refractivity contribution in [2.75, 3.05) is 11.9 Å². The number of rotatable bonds is 4. The van der Waals surface area contributed by atoms with Gasteiger partial charge < -0.3 is 11.1 Å². The van der Waals surface area contributed by atoms with Crippen LogP contribution in [0.25, 0.3) is 0 Å². The van der Waals surface area contributed by atoms with Crippen LogP contribution in [0.2, 0.25) is 0 Å². The number of hydrogen-bond donors (Lipinski definition) is 3. The summed E-state index contributed by atoms with van der Waals surface area (Å²) in [4.78, 5) is 11.7. The van der Waals surface area contributed by atoms with Crippen molar-refractivity contribution in [2.45, 2.75) is 37.1 Å². The molecule has 0 saturated heterocycles. The van der Waals surface area contributed by atoms with Gasteiger partial charge in [-0.05, 0) is 44.5 Å². The van der Waals surface area contributed by atoms with Gasteiger partial charge in [-0.15, -0.1) is 0 Å². The smallest absolute Gasteiger partial charge is 0.240 e. The average Bonchev–Trinajstić information content (AvgIpc) is 2.62. The first-order chi connectivity index (χ1) is 9.10. The summed E-state index contributed by atoms with van der Waals surface area (Å²) in [5, 5.41) is 2.71. The summed E-state index contributed by atoms with van der Waals surface area (Å²) >= 11 is 0. The van der Waals surface area contributed by atoms with Crippen LogP contribution in [0.1, 0.15) is 32.3 Å². The summed E-state index contributed by atoms with van der Waals surface area (Å²) in [6.07, 6.45) is 0. The fourth-order valence-corrected chi connectivity index (χ4v) is 3.18. The van der Waals surface area contributed by atoms with Crippen LogP contribution in [0, 0.1) is 0 Å². The van der Waals surface area contributed by atoms with Crippen LogP contribution in [0.5, 0.6) is 0 Å². The number of anilines is 1. The Hall–Kier alpha value is -1.44. The molecule has 0 aliphatic carbocycles. The molecule has 0 fully saturated rings. The molecule has 110 valence electrons. The fourth-order valence-electron chi connectivity index (χ4n) is 1.93. The number of nitrogens with one attached hydrogen (secondary N) is 2. The Kier molecular flexibility index (Phi) is 3.62. The Morgan fingerprint density at radius 1 is 1.40 bits per heavy atom. The van der Waals surface area contributed by atoms with Gasteiger partial charge >= 0.3 is 0 Å². The van der Waals surface area contributed by atoms with Crippen LogP contribution in [0.4, 0.5) is 5.69 Å². The Morgan fingerprint density at radius 3 is 2.65 bits per heavy atom. The van der Waals surface area contributed by atoms with E-state index >= 15 is 0 Å². The van der Waals surface area contributed by atoms with Gasteiger partial charge in [0.1, 0.15) is 0 Å². The van der Waals surface area contributed by atoms with Gasteiger partial charge in [-0.3, -0.25) is 4.79 Å². The molecule has 1 aliphatic heterocycles. The Labute approximate surface area is 118 Å². The molecule has 1 atom stereocenters. The van der Waals surface area contributed by atoms with E-state index in [1.165, 1.54) is 12.1 Å². The minimum Gasteiger partial charge on any atom is -0.325 e. The molecule has 1 aromatic rings. The second-order valence-corrected chi connectivity index (χ2v) is 7.54. The number of carbonyl (C=O) groups is 1. The maximum Gasteiger partial charge on any atom is 0.240 e. The first-order valence-electron chi connectivity index (χ1n) is 6.33. The third-order valence-corrected chi connectivity index (χ3v) is 4.57. The molecule has 1 unspecified atom stereocenters. The summed E-state index contributed by atoms with van der Waals surface area (Å²) in [6.45, 7) is 5.36. The Balaban J connectivity index is 2.29. The lowest BCUT2D eigenvalue weighted by atomic mass is 10.0. The van der Waals surface area contributed by atoms with Crippen LogP contribution in [0.15, 0.2) is 23.1 Å². The molecule has 1 amide bonds. The average molecular weight is 297 g/mol. The quantitative estimate of drug-likeness (QED) is 0.763. The second-order valence-electron chi connectivity index (χ2n) is 5.77. The maximum atomic E-state index is 12.2. The maximum absolute atomic E-state index is 12.2. The predicted molar refractivity (Wildman–Crippen MR) is 76.9 cm³/mol. The minimum atomic E-state index is -3.63. The molecule has 1 aromatic carbocycles. The van der Waals surface area contributed by atoms with Crippen LogP contribution < -0.4 is 15.8 Å². The number of nitrogens with two attached hydrogens (primary N) is 1. The van der Waals surface area contributed by atoms with Crippen LogP contribution in [-0.4, -0.2) is 26.4 Å². The van der Waals surface area contributed by atoms with E-state index < -0.39 is 15.6 Å². The summed E-state index contributed by atoms with van der Waals surface area (Å²) in [5.41, 5.74) is 6.51. The van der Waals surface area contributed by atoms with Crippen molar-refractivity contribution in [2.24, 2.45) is 5.73 Å². The van der Waals surface area contributed by atoms with Crippen LogP contribution in [-0.2, 0) is 14.8 Å². The molecule has 6 nitrogen and oxygen atoms in total. The number of hydrogen-bond acceptors (Lipinski definition) is 4. The second kappa shape index (κ2) is 4.83. The highest BCUT2D eigenvalue weighted by Crippen LogP contribution is 2.33. The number of benzene rings is 1. The molecule has 0 radical (unpaired) electrons. The van der Waals surface area contributed by atoms with Gasteiger partial charge in [-0.1, -0.05) is 0 Å². The van der Waals surface area contributed by atoms with Crippen molar-refractivity contribution >= 4 is 21.6 Å². The van der Waals surface area contributed by atoms with Crippen LogP contribution in [0.3, 0.4) is 0 Å². The van der Waals surface area contributed by atoms with Crippen molar-refractivity contribution in [3.8, 4) is 0 Å².